The summed E-state index contributed by atoms with van der Waals surface area (Å²) in [5, 5.41) is 10.7. The van der Waals surface area contributed by atoms with Gasteiger partial charge in [0.05, 0.1) is 11.5 Å². The third-order valence-electron chi connectivity index (χ3n) is 5.13. The van der Waals surface area contributed by atoms with Gasteiger partial charge in [-0.1, -0.05) is 26.7 Å². The van der Waals surface area contributed by atoms with E-state index in [1.807, 2.05) is 4.90 Å². The lowest BCUT2D eigenvalue weighted by molar-refractivity contribution is -0.147. The van der Waals surface area contributed by atoms with E-state index >= 15 is 0 Å². The minimum absolute atomic E-state index is 0.0511. The largest absolute Gasteiger partial charge is 0.389 e. The quantitative estimate of drug-likeness (QED) is 0.825. The van der Waals surface area contributed by atoms with Crippen LogP contribution in [0.5, 0.6) is 0 Å². The maximum atomic E-state index is 12.6. The molecule has 3 N–H and O–H groups in total. The molecule has 0 radical (unpaired) electrons. The molecule has 0 aromatic carbocycles. The van der Waals surface area contributed by atoms with E-state index in [9.17, 15) is 9.90 Å². The highest BCUT2D eigenvalue weighted by atomic mass is 16.3. The maximum Gasteiger partial charge on any atom is 0.226 e. The van der Waals surface area contributed by atoms with E-state index in [0.29, 0.717) is 19.0 Å². The molecule has 3 atom stereocenters. The molecule has 1 saturated heterocycles. The molecule has 1 aliphatic carbocycles. The third kappa shape index (κ3) is 3.34. The summed E-state index contributed by atoms with van der Waals surface area (Å²) in [5.74, 6) is 0.911. The number of nitrogens with two attached hydrogens (primary N) is 1. The molecule has 1 saturated carbocycles. The van der Waals surface area contributed by atoms with Gasteiger partial charge in [0.1, 0.15) is 0 Å². The van der Waals surface area contributed by atoms with Crippen LogP contribution in [0.2, 0.25) is 0 Å². The zero-order valence-electron chi connectivity index (χ0n) is 13.0. The molecule has 4 heteroatoms. The summed E-state index contributed by atoms with van der Waals surface area (Å²) in [6.45, 7) is 6.12. The number of amides is 1. The van der Waals surface area contributed by atoms with E-state index in [-0.39, 0.29) is 17.7 Å². The molecular formula is C16H30N2O2. The standard InChI is InChI=1S/C16H30N2O2/c1-12(2)9-13(10-17)15(19)18-8-7-16(20)6-4-3-5-14(16)11-18/h12-14,20H,3-11,17H2,1-2H3. The maximum absolute atomic E-state index is 12.6. The minimum Gasteiger partial charge on any atom is -0.389 e. The number of hydrogen-bond donors (Lipinski definition) is 2. The Labute approximate surface area is 122 Å². The predicted octanol–water partition coefficient (Wildman–Crippen LogP) is 1.76. The molecule has 0 bridgehead atoms. The van der Waals surface area contributed by atoms with Crippen molar-refractivity contribution in [3.05, 3.63) is 0 Å². The van der Waals surface area contributed by atoms with Gasteiger partial charge in [0.25, 0.3) is 0 Å². The molecule has 2 fully saturated rings. The van der Waals surface area contributed by atoms with Gasteiger partial charge in [0, 0.05) is 25.6 Å². The van der Waals surface area contributed by atoms with Gasteiger partial charge in [-0.3, -0.25) is 4.79 Å². The Morgan fingerprint density at radius 3 is 2.80 bits per heavy atom. The highest BCUT2D eigenvalue weighted by molar-refractivity contribution is 5.79. The minimum atomic E-state index is -0.509. The van der Waals surface area contributed by atoms with Gasteiger partial charge in [-0.15, -0.1) is 0 Å². The molecular weight excluding hydrogens is 252 g/mol. The highest BCUT2D eigenvalue weighted by Crippen LogP contribution is 2.40. The van der Waals surface area contributed by atoms with Crippen LogP contribution in [-0.2, 0) is 4.79 Å². The van der Waals surface area contributed by atoms with Crippen LogP contribution in [0.25, 0.3) is 0 Å². The molecule has 20 heavy (non-hydrogen) atoms. The summed E-state index contributed by atoms with van der Waals surface area (Å²) in [6, 6.07) is 0. The molecule has 2 rings (SSSR count). The lowest BCUT2D eigenvalue weighted by atomic mass is 9.71. The van der Waals surface area contributed by atoms with E-state index in [1.54, 1.807) is 0 Å². The van der Waals surface area contributed by atoms with Gasteiger partial charge in [-0.25, -0.2) is 0 Å². The summed E-state index contributed by atoms with van der Waals surface area (Å²) in [6.07, 6.45) is 5.87. The van der Waals surface area contributed by atoms with Crippen molar-refractivity contribution < 1.29 is 9.90 Å². The number of piperidine rings is 1. The molecule has 1 amide bonds. The van der Waals surface area contributed by atoms with Crippen LogP contribution in [0.15, 0.2) is 0 Å². The summed E-state index contributed by atoms with van der Waals surface area (Å²) in [5.41, 5.74) is 5.28. The van der Waals surface area contributed by atoms with E-state index in [2.05, 4.69) is 13.8 Å². The molecule has 0 aromatic heterocycles. The Kier molecular flexibility index (Phi) is 5.08. The first kappa shape index (κ1) is 15.8. The predicted molar refractivity (Wildman–Crippen MR) is 80.1 cm³/mol. The fourth-order valence-electron chi connectivity index (χ4n) is 3.90. The molecule has 1 aliphatic heterocycles. The Bertz CT molecular complexity index is 345. The highest BCUT2D eigenvalue weighted by Gasteiger charge is 2.44. The smallest absolute Gasteiger partial charge is 0.226 e. The van der Waals surface area contributed by atoms with Crippen LogP contribution in [0.1, 0.15) is 52.4 Å². The van der Waals surface area contributed by atoms with Crippen molar-refractivity contribution in [3.63, 3.8) is 0 Å². The van der Waals surface area contributed by atoms with Crippen LogP contribution < -0.4 is 5.73 Å². The third-order valence-corrected chi connectivity index (χ3v) is 5.13. The number of carbonyl (C=O) groups is 1. The van der Waals surface area contributed by atoms with Gasteiger partial charge < -0.3 is 15.7 Å². The van der Waals surface area contributed by atoms with E-state index in [4.69, 9.17) is 5.73 Å². The van der Waals surface area contributed by atoms with E-state index < -0.39 is 5.60 Å². The van der Waals surface area contributed by atoms with Crippen LogP contribution in [0.4, 0.5) is 0 Å². The van der Waals surface area contributed by atoms with Gasteiger partial charge in [0.15, 0.2) is 0 Å². The average molecular weight is 282 g/mol. The SMILES string of the molecule is CC(C)CC(CN)C(=O)N1CCC2(O)CCCCC2C1. The number of rotatable bonds is 4. The monoisotopic (exact) mass is 282 g/mol. The van der Waals surface area contributed by atoms with Crippen molar-refractivity contribution in [2.75, 3.05) is 19.6 Å². The lowest BCUT2D eigenvalue weighted by Crippen LogP contribution is -2.56. The Hall–Kier alpha value is -0.610. The van der Waals surface area contributed by atoms with Crippen LogP contribution in [0, 0.1) is 17.8 Å². The van der Waals surface area contributed by atoms with Crippen molar-refractivity contribution in [3.8, 4) is 0 Å². The average Bonchev–Trinajstić information content (AvgIpc) is 2.42. The summed E-state index contributed by atoms with van der Waals surface area (Å²) >= 11 is 0. The van der Waals surface area contributed by atoms with Crippen LogP contribution in [0.3, 0.4) is 0 Å². The summed E-state index contributed by atoms with van der Waals surface area (Å²) in [4.78, 5) is 14.6. The second-order valence-corrected chi connectivity index (χ2v) is 7.14. The molecule has 0 aromatic rings. The molecule has 0 spiro atoms. The van der Waals surface area contributed by atoms with Gasteiger partial charge in [0.2, 0.25) is 5.91 Å². The fourth-order valence-corrected chi connectivity index (χ4v) is 3.90. The Morgan fingerprint density at radius 1 is 1.40 bits per heavy atom. The zero-order valence-corrected chi connectivity index (χ0v) is 13.0. The second kappa shape index (κ2) is 6.44. The van der Waals surface area contributed by atoms with Gasteiger partial charge in [-0.05, 0) is 31.6 Å². The van der Waals surface area contributed by atoms with Crippen LogP contribution in [-0.4, -0.2) is 41.1 Å². The Morgan fingerprint density at radius 2 is 2.15 bits per heavy atom. The number of carbonyl (C=O) groups excluding carboxylic acids is 1. The first-order valence-electron chi connectivity index (χ1n) is 8.17. The van der Waals surface area contributed by atoms with E-state index in [1.165, 1.54) is 6.42 Å². The van der Waals surface area contributed by atoms with Crippen molar-refractivity contribution in [1.82, 2.24) is 4.90 Å². The number of likely N-dealkylation sites (tertiary alicyclic amines) is 1. The van der Waals surface area contributed by atoms with Gasteiger partial charge >= 0.3 is 0 Å². The topological polar surface area (TPSA) is 66.6 Å². The first-order valence-corrected chi connectivity index (χ1v) is 8.17. The molecule has 4 nitrogen and oxygen atoms in total. The van der Waals surface area contributed by atoms with Crippen molar-refractivity contribution >= 4 is 5.91 Å². The van der Waals surface area contributed by atoms with Crippen molar-refractivity contribution in [1.29, 1.82) is 0 Å². The Balaban J connectivity index is 1.98. The van der Waals surface area contributed by atoms with Crippen LogP contribution >= 0.6 is 0 Å². The van der Waals surface area contributed by atoms with Crippen molar-refractivity contribution in [2.24, 2.45) is 23.5 Å². The number of nitrogens with zero attached hydrogens (tertiary/aromatic N) is 1. The molecule has 116 valence electrons. The van der Waals surface area contributed by atoms with Gasteiger partial charge in [-0.2, -0.15) is 0 Å². The summed E-state index contributed by atoms with van der Waals surface area (Å²) in [7, 11) is 0. The number of aliphatic hydroxyl groups is 1. The fraction of sp³-hybridized carbons (Fsp3) is 0.938. The lowest BCUT2D eigenvalue weighted by Gasteiger charge is -2.48. The second-order valence-electron chi connectivity index (χ2n) is 7.14. The number of hydrogen-bond acceptors (Lipinski definition) is 3. The summed E-state index contributed by atoms with van der Waals surface area (Å²) < 4.78 is 0. The normalized spacial score (nSPS) is 32.0. The number of fused-ring (bicyclic) bond motifs is 1. The molecule has 3 unspecified atom stereocenters. The zero-order chi connectivity index (χ0) is 14.8. The van der Waals surface area contributed by atoms with E-state index in [0.717, 1.165) is 38.6 Å². The molecule has 2 aliphatic rings. The first-order chi connectivity index (χ1) is 9.46. The van der Waals surface area contributed by atoms with Crippen molar-refractivity contribution in [2.45, 2.75) is 58.0 Å². The molecule has 1 heterocycles.